The third-order valence-corrected chi connectivity index (χ3v) is 4.29. The summed E-state index contributed by atoms with van der Waals surface area (Å²) in [4.78, 5) is 29.1. The summed E-state index contributed by atoms with van der Waals surface area (Å²) in [6, 6.07) is 9.22. The van der Waals surface area contributed by atoms with E-state index in [1.54, 1.807) is 29.6 Å². The number of nitrogens with one attached hydrogen (secondary N) is 1. The zero-order valence-corrected chi connectivity index (χ0v) is 14.9. The number of H-pyrrole nitrogens is 1. The molecule has 0 saturated heterocycles. The molecule has 0 aliphatic heterocycles. The Bertz CT molecular complexity index is 1210. The Morgan fingerprint density at radius 2 is 1.82 bits per heavy atom. The Hall–Kier alpha value is -3.68. The molecule has 0 unspecified atom stereocenters. The lowest BCUT2D eigenvalue weighted by atomic mass is 10.1. The Labute approximate surface area is 158 Å². The highest BCUT2D eigenvalue weighted by molar-refractivity contribution is 5.83. The van der Waals surface area contributed by atoms with Crippen molar-refractivity contribution in [2.45, 2.75) is 13.5 Å². The zero-order valence-electron chi connectivity index (χ0n) is 14.9. The lowest BCUT2D eigenvalue weighted by Gasteiger charge is -2.22. The molecule has 0 aliphatic carbocycles. The maximum absolute atomic E-state index is 14.2. The second-order valence-corrected chi connectivity index (χ2v) is 6.27. The number of rotatable bonds is 4. The highest BCUT2D eigenvalue weighted by atomic mass is 19.2. The molecule has 1 aromatic carbocycles. The summed E-state index contributed by atoms with van der Waals surface area (Å²) in [6.45, 7) is 2.07. The van der Waals surface area contributed by atoms with Crippen LogP contribution in [0.1, 0.15) is 11.1 Å². The van der Waals surface area contributed by atoms with Crippen LogP contribution >= 0.6 is 0 Å². The maximum atomic E-state index is 14.2. The van der Waals surface area contributed by atoms with Gasteiger partial charge in [0.05, 0.1) is 12.1 Å². The van der Waals surface area contributed by atoms with Crippen molar-refractivity contribution in [3.05, 3.63) is 88.1 Å². The van der Waals surface area contributed by atoms with E-state index in [2.05, 4.69) is 19.9 Å². The average molecular weight is 379 g/mol. The molecule has 6 nitrogen and oxygen atoms in total. The molecular weight excluding hydrogens is 364 g/mol. The van der Waals surface area contributed by atoms with E-state index >= 15 is 0 Å². The molecular formula is C20H15F2N5O. The number of aryl methyl sites for hydroxylation is 1. The lowest BCUT2D eigenvalue weighted by molar-refractivity contribution is 0.515. The molecule has 4 rings (SSSR count). The molecule has 0 atom stereocenters. The first-order chi connectivity index (χ1) is 13.5. The fourth-order valence-electron chi connectivity index (χ4n) is 2.99. The summed E-state index contributed by atoms with van der Waals surface area (Å²) in [7, 11) is 0. The minimum absolute atomic E-state index is 0.145. The minimum Gasteiger partial charge on any atom is -0.319 e. The molecule has 0 spiro atoms. The number of anilines is 2. The van der Waals surface area contributed by atoms with Gasteiger partial charge in [0.25, 0.3) is 0 Å². The van der Waals surface area contributed by atoms with Crippen LogP contribution in [0, 0.1) is 18.6 Å². The lowest BCUT2D eigenvalue weighted by Crippen LogP contribution is -2.22. The summed E-state index contributed by atoms with van der Waals surface area (Å²) in [5.41, 5.74) is 0.773. The van der Waals surface area contributed by atoms with Gasteiger partial charge in [0.15, 0.2) is 11.6 Å². The summed E-state index contributed by atoms with van der Waals surface area (Å²) in [6.07, 6.45) is 4.84. The minimum atomic E-state index is -1.09. The van der Waals surface area contributed by atoms with Crippen molar-refractivity contribution in [1.29, 1.82) is 0 Å². The first-order valence-corrected chi connectivity index (χ1v) is 8.50. The Morgan fingerprint density at radius 1 is 1.04 bits per heavy atom. The van der Waals surface area contributed by atoms with Crippen LogP contribution < -0.4 is 10.5 Å². The zero-order chi connectivity index (χ0) is 19.7. The van der Waals surface area contributed by atoms with E-state index in [-0.39, 0.29) is 12.1 Å². The number of hydrogen-bond donors (Lipinski definition) is 1. The van der Waals surface area contributed by atoms with Gasteiger partial charge in [-0.05, 0) is 48.4 Å². The molecule has 0 radical (unpaired) electrons. The maximum Gasteiger partial charge on any atom is 0.248 e. The van der Waals surface area contributed by atoms with Crippen LogP contribution in [0.3, 0.4) is 0 Å². The molecule has 0 amide bonds. The van der Waals surface area contributed by atoms with Crippen LogP contribution in [0.15, 0.2) is 59.8 Å². The summed E-state index contributed by atoms with van der Waals surface area (Å²) in [5, 5.41) is 0.395. The van der Waals surface area contributed by atoms with Gasteiger partial charge in [0.2, 0.25) is 11.5 Å². The van der Waals surface area contributed by atoms with Crippen LogP contribution in [0.25, 0.3) is 10.9 Å². The summed E-state index contributed by atoms with van der Waals surface area (Å²) in [5.74, 6) is -1.17. The van der Waals surface area contributed by atoms with Crippen LogP contribution in [0.2, 0.25) is 0 Å². The number of aromatic nitrogens is 4. The van der Waals surface area contributed by atoms with Gasteiger partial charge >= 0.3 is 0 Å². The fraction of sp³-hybridized carbons (Fsp3) is 0.100. The second kappa shape index (κ2) is 7.15. The van der Waals surface area contributed by atoms with Gasteiger partial charge in [-0.15, -0.1) is 0 Å². The first-order valence-electron chi connectivity index (χ1n) is 8.50. The van der Waals surface area contributed by atoms with E-state index in [1.165, 1.54) is 12.1 Å². The molecule has 28 heavy (non-hydrogen) atoms. The van der Waals surface area contributed by atoms with Gasteiger partial charge in [-0.25, -0.2) is 23.7 Å². The number of nitrogens with zero attached hydrogens (tertiary/aromatic N) is 4. The molecule has 0 aliphatic rings. The van der Waals surface area contributed by atoms with Crippen molar-refractivity contribution in [1.82, 2.24) is 19.9 Å². The van der Waals surface area contributed by atoms with Crippen molar-refractivity contribution >= 4 is 22.7 Å². The van der Waals surface area contributed by atoms with E-state index in [4.69, 9.17) is 0 Å². The van der Waals surface area contributed by atoms with Crippen molar-refractivity contribution < 1.29 is 8.78 Å². The van der Waals surface area contributed by atoms with Gasteiger partial charge < -0.3 is 4.98 Å². The number of benzene rings is 1. The monoisotopic (exact) mass is 379 g/mol. The van der Waals surface area contributed by atoms with Crippen molar-refractivity contribution in [2.24, 2.45) is 0 Å². The van der Waals surface area contributed by atoms with Gasteiger partial charge in [-0.3, -0.25) is 9.69 Å². The average Bonchev–Trinajstić information content (AvgIpc) is 2.70. The second-order valence-electron chi connectivity index (χ2n) is 6.27. The smallest absolute Gasteiger partial charge is 0.248 e. The molecule has 0 fully saturated rings. The third-order valence-electron chi connectivity index (χ3n) is 4.29. The normalized spacial score (nSPS) is 11.0. The van der Waals surface area contributed by atoms with Crippen LogP contribution in [0.4, 0.5) is 20.5 Å². The Kier molecular flexibility index (Phi) is 4.52. The van der Waals surface area contributed by atoms with E-state index in [0.717, 1.165) is 11.6 Å². The highest BCUT2D eigenvalue weighted by Gasteiger charge is 2.18. The topological polar surface area (TPSA) is 74.8 Å². The van der Waals surface area contributed by atoms with Gasteiger partial charge in [-0.2, -0.15) is 0 Å². The quantitative estimate of drug-likeness (QED) is 0.586. The number of hydrogen-bond acceptors (Lipinski definition) is 5. The number of pyridine rings is 2. The summed E-state index contributed by atoms with van der Waals surface area (Å²) < 4.78 is 27.8. The molecule has 4 aromatic rings. The van der Waals surface area contributed by atoms with Gasteiger partial charge in [0, 0.05) is 30.0 Å². The standard InChI is InChI=1S/C20H15F2N5O/c1-12-5-8-23-16(9-12)27(20-24-6-2-7-25-20)11-13-10-17(28)26-19-14(13)3-4-15(21)18(19)22/h2-10H,11H2,1H3,(H,26,28). The van der Waals surface area contributed by atoms with E-state index < -0.39 is 17.2 Å². The van der Waals surface area contributed by atoms with E-state index in [1.807, 2.05) is 19.1 Å². The van der Waals surface area contributed by atoms with Crippen molar-refractivity contribution in [3.8, 4) is 0 Å². The van der Waals surface area contributed by atoms with E-state index in [0.29, 0.717) is 22.7 Å². The SMILES string of the molecule is Cc1ccnc(N(Cc2cc(=O)[nH]c3c(F)c(F)ccc23)c2ncccn2)c1. The molecule has 140 valence electrons. The van der Waals surface area contributed by atoms with Crippen LogP contribution in [-0.2, 0) is 6.54 Å². The number of aromatic amines is 1. The van der Waals surface area contributed by atoms with Crippen molar-refractivity contribution in [3.63, 3.8) is 0 Å². The van der Waals surface area contributed by atoms with Crippen LogP contribution in [0.5, 0.6) is 0 Å². The molecule has 3 heterocycles. The van der Waals surface area contributed by atoms with Crippen molar-refractivity contribution in [2.75, 3.05) is 4.90 Å². The Balaban J connectivity index is 1.88. The summed E-state index contributed by atoms with van der Waals surface area (Å²) >= 11 is 0. The van der Waals surface area contributed by atoms with Gasteiger partial charge in [-0.1, -0.05) is 0 Å². The van der Waals surface area contributed by atoms with Gasteiger partial charge in [0.1, 0.15) is 5.82 Å². The number of halogens is 2. The first kappa shape index (κ1) is 17.7. The number of fused-ring (bicyclic) bond motifs is 1. The van der Waals surface area contributed by atoms with E-state index in [9.17, 15) is 13.6 Å². The fourth-order valence-corrected chi connectivity index (χ4v) is 2.99. The molecule has 8 heteroatoms. The molecule has 3 aromatic heterocycles. The Morgan fingerprint density at radius 3 is 2.57 bits per heavy atom. The van der Waals surface area contributed by atoms with Crippen LogP contribution in [-0.4, -0.2) is 19.9 Å². The largest absolute Gasteiger partial charge is 0.319 e. The highest BCUT2D eigenvalue weighted by Crippen LogP contribution is 2.26. The molecule has 0 saturated carbocycles. The predicted octanol–water partition coefficient (Wildman–Crippen LogP) is 3.64. The molecule has 0 bridgehead atoms. The molecule has 1 N–H and O–H groups in total. The predicted molar refractivity (Wildman–Crippen MR) is 101 cm³/mol. The third kappa shape index (κ3) is 3.32.